The molecule has 0 saturated heterocycles. The number of halogens is 1. The van der Waals surface area contributed by atoms with Crippen LogP contribution in [0.3, 0.4) is 0 Å². The molecule has 0 aliphatic carbocycles. The van der Waals surface area contributed by atoms with Gasteiger partial charge in [0.15, 0.2) is 9.84 Å². The molecule has 0 bridgehead atoms. The van der Waals surface area contributed by atoms with Gasteiger partial charge in [0, 0.05) is 32.5 Å². The van der Waals surface area contributed by atoms with Crippen molar-refractivity contribution in [3.63, 3.8) is 0 Å². The van der Waals surface area contributed by atoms with Gasteiger partial charge in [-0.15, -0.1) is 0 Å². The summed E-state index contributed by atoms with van der Waals surface area (Å²) in [4.78, 5) is 26.4. The van der Waals surface area contributed by atoms with Gasteiger partial charge in [0.2, 0.25) is 11.7 Å². The molecule has 1 aromatic heterocycles. The van der Waals surface area contributed by atoms with Gasteiger partial charge in [-0.1, -0.05) is 11.6 Å². The zero-order valence-electron chi connectivity index (χ0n) is 16.5. The second-order valence-corrected chi connectivity index (χ2v) is 8.88. The van der Waals surface area contributed by atoms with E-state index in [0.29, 0.717) is 17.7 Å². The minimum atomic E-state index is -3.51. The molecule has 152 valence electrons. The molecule has 0 saturated carbocycles. The van der Waals surface area contributed by atoms with Crippen LogP contribution >= 0.6 is 11.6 Å². The minimum absolute atomic E-state index is 0.00441. The summed E-state index contributed by atoms with van der Waals surface area (Å²) >= 11 is 6.34. The van der Waals surface area contributed by atoms with Crippen LogP contribution in [-0.4, -0.2) is 55.3 Å². The molecule has 0 fully saturated rings. The maximum atomic E-state index is 13.1. The van der Waals surface area contributed by atoms with Gasteiger partial charge in [0.1, 0.15) is 5.56 Å². The first-order valence-corrected chi connectivity index (χ1v) is 10.7. The van der Waals surface area contributed by atoms with E-state index in [0.717, 1.165) is 6.26 Å². The maximum Gasteiger partial charge on any atom is 0.416 e. The molecule has 0 aliphatic heterocycles. The van der Waals surface area contributed by atoms with Crippen molar-refractivity contribution in [1.29, 1.82) is 0 Å². The van der Waals surface area contributed by atoms with E-state index >= 15 is 0 Å². The van der Waals surface area contributed by atoms with Crippen molar-refractivity contribution in [2.24, 2.45) is 0 Å². The zero-order valence-corrected chi connectivity index (χ0v) is 18.1. The van der Waals surface area contributed by atoms with E-state index in [1.807, 2.05) is 0 Å². The van der Waals surface area contributed by atoms with Crippen LogP contribution in [0.2, 0.25) is 5.02 Å². The highest BCUT2D eigenvalue weighted by molar-refractivity contribution is 7.90. The van der Waals surface area contributed by atoms with Gasteiger partial charge in [-0.3, -0.25) is 4.79 Å². The second-order valence-electron chi connectivity index (χ2n) is 6.55. The van der Waals surface area contributed by atoms with Gasteiger partial charge >= 0.3 is 6.09 Å². The molecule has 0 unspecified atom stereocenters. The molecule has 0 aliphatic rings. The quantitative estimate of drug-likeness (QED) is 0.680. The number of sulfone groups is 1. The Morgan fingerprint density at radius 3 is 2.36 bits per heavy atom. The fourth-order valence-electron chi connectivity index (χ4n) is 2.86. The van der Waals surface area contributed by atoms with Gasteiger partial charge in [0.25, 0.3) is 0 Å². The van der Waals surface area contributed by atoms with E-state index in [-0.39, 0.29) is 26.9 Å². The third-order valence-corrected chi connectivity index (χ3v) is 5.98. The lowest BCUT2D eigenvalue weighted by atomic mass is 10.0. The summed E-state index contributed by atoms with van der Waals surface area (Å²) in [6.45, 7) is 5.31. The number of hydrogen-bond acceptors (Lipinski definition) is 6. The largest absolute Gasteiger partial charge is 0.416 e. The number of ether oxygens (including phenoxy) is 1. The third-order valence-electron chi connectivity index (χ3n) is 4.13. The van der Waals surface area contributed by atoms with E-state index in [1.54, 1.807) is 20.8 Å². The molecule has 1 amide bonds. The number of amides is 1. The van der Waals surface area contributed by atoms with E-state index in [9.17, 15) is 18.0 Å². The van der Waals surface area contributed by atoms with E-state index in [4.69, 9.17) is 16.3 Å². The van der Waals surface area contributed by atoms with Crippen LogP contribution in [0.4, 0.5) is 4.79 Å². The molecule has 2 aromatic rings. The molecule has 0 N–H and O–H groups in total. The van der Waals surface area contributed by atoms with Crippen LogP contribution in [0.25, 0.3) is 0 Å². The molecule has 0 radical (unpaired) electrons. The number of carbonyl (C=O) groups excluding carboxylic acids is 2. The van der Waals surface area contributed by atoms with Crippen molar-refractivity contribution < 1.29 is 22.7 Å². The molecular formula is C18H22ClN3O5S. The van der Waals surface area contributed by atoms with Crippen LogP contribution in [0.15, 0.2) is 17.2 Å². The van der Waals surface area contributed by atoms with Crippen LogP contribution in [0, 0.1) is 13.8 Å². The predicted molar refractivity (Wildman–Crippen MR) is 105 cm³/mol. The van der Waals surface area contributed by atoms with Crippen LogP contribution in [-0.2, 0) is 16.4 Å². The number of hydrogen-bond donors (Lipinski definition) is 0. The predicted octanol–water partition coefficient (Wildman–Crippen LogP) is 2.87. The monoisotopic (exact) mass is 427 g/mol. The Morgan fingerprint density at radius 2 is 1.86 bits per heavy atom. The molecule has 0 atom stereocenters. The van der Waals surface area contributed by atoms with Crippen molar-refractivity contribution in [1.82, 2.24) is 14.7 Å². The van der Waals surface area contributed by atoms with Gasteiger partial charge in [0.05, 0.1) is 16.1 Å². The van der Waals surface area contributed by atoms with Crippen molar-refractivity contribution in [3.05, 3.63) is 39.5 Å². The number of carbonyl (C=O) groups is 2. The molecule has 1 aromatic carbocycles. The summed E-state index contributed by atoms with van der Waals surface area (Å²) in [6, 6.07) is 1.43. The highest BCUT2D eigenvalue weighted by atomic mass is 35.5. The SMILES string of the molecule is CCn1ncc(C(=O)c2cc(C)c(S(C)(=O)=O)c(C)c2Cl)c1OC(=O)N(C)C. The van der Waals surface area contributed by atoms with E-state index in [2.05, 4.69) is 5.10 Å². The summed E-state index contributed by atoms with van der Waals surface area (Å²) in [5.74, 6) is -0.512. The van der Waals surface area contributed by atoms with Gasteiger partial charge in [-0.25, -0.2) is 17.9 Å². The highest BCUT2D eigenvalue weighted by Crippen LogP contribution is 2.33. The molecule has 0 spiro atoms. The summed E-state index contributed by atoms with van der Waals surface area (Å²) in [7, 11) is -0.479. The van der Waals surface area contributed by atoms with Gasteiger partial charge < -0.3 is 9.64 Å². The van der Waals surface area contributed by atoms with Crippen molar-refractivity contribution in [2.75, 3.05) is 20.4 Å². The summed E-state index contributed by atoms with van der Waals surface area (Å²) in [5, 5.41) is 4.12. The molecule has 8 nitrogen and oxygen atoms in total. The lowest BCUT2D eigenvalue weighted by Gasteiger charge is -2.15. The molecule has 1 heterocycles. The van der Waals surface area contributed by atoms with Crippen LogP contribution < -0.4 is 4.74 Å². The second kappa shape index (κ2) is 7.92. The molecule has 2 rings (SSSR count). The van der Waals surface area contributed by atoms with Gasteiger partial charge in [-0.05, 0) is 38.0 Å². The Hall–Kier alpha value is -2.39. The normalized spacial score (nSPS) is 11.4. The Bertz CT molecular complexity index is 1060. The topological polar surface area (TPSA) is 98.6 Å². The average Bonchev–Trinajstić information content (AvgIpc) is 2.98. The average molecular weight is 428 g/mol. The first kappa shape index (κ1) is 21.9. The molecule has 10 heteroatoms. The number of ketones is 1. The lowest BCUT2D eigenvalue weighted by molar-refractivity contribution is 0.103. The van der Waals surface area contributed by atoms with Crippen LogP contribution in [0.1, 0.15) is 34.0 Å². The zero-order chi connectivity index (χ0) is 21.4. The first-order chi connectivity index (χ1) is 12.9. The summed E-state index contributed by atoms with van der Waals surface area (Å²) in [6.07, 6.45) is 1.73. The first-order valence-electron chi connectivity index (χ1n) is 8.39. The Kier molecular flexibility index (Phi) is 6.20. The summed E-state index contributed by atoms with van der Waals surface area (Å²) in [5.41, 5.74) is 0.872. The smallest absolute Gasteiger partial charge is 0.391 e. The number of benzene rings is 1. The number of aromatic nitrogens is 2. The lowest BCUT2D eigenvalue weighted by Crippen LogP contribution is -2.27. The number of aryl methyl sites for hydroxylation is 2. The molecular weight excluding hydrogens is 406 g/mol. The Morgan fingerprint density at radius 1 is 1.25 bits per heavy atom. The van der Waals surface area contributed by atoms with E-state index < -0.39 is 21.7 Å². The molecule has 28 heavy (non-hydrogen) atoms. The summed E-state index contributed by atoms with van der Waals surface area (Å²) < 4.78 is 30.8. The van der Waals surface area contributed by atoms with E-state index in [1.165, 1.54) is 35.9 Å². The van der Waals surface area contributed by atoms with Crippen molar-refractivity contribution >= 4 is 33.3 Å². The fourth-order valence-corrected chi connectivity index (χ4v) is 4.45. The number of nitrogens with zero attached hydrogens (tertiary/aromatic N) is 3. The third kappa shape index (κ3) is 4.05. The van der Waals surface area contributed by atoms with Crippen molar-refractivity contribution in [3.8, 4) is 5.88 Å². The highest BCUT2D eigenvalue weighted by Gasteiger charge is 2.27. The number of rotatable bonds is 5. The fraction of sp³-hybridized carbons (Fsp3) is 0.389. The van der Waals surface area contributed by atoms with Crippen molar-refractivity contribution in [2.45, 2.75) is 32.2 Å². The minimum Gasteiger partial charge on any atom is -0.391 e. The Labute approximate surface area is 169 Å². The maximum absolute atomic E-state index is 13.1. The standard InChI is InChI=1S/C18H22ClN3O5S/c1-7-22-17(27-18(24)21(4)5)13(9-20-22)15(23)12-8-10(2)16(28(6,25)26)11(3)14(12)19/h8-9H,7H2,1-6H3. The van der Waals surface area contributed by atoms with Gasteiger partial charge in [-0.2, -0.15) is 5.10 Å². The van der Waals surface area contributed by atoms with Crippen LogP contribution in [0.5, 0.6) is 5.88 Å². The Balaban J connectivity index is 2.62.